The lowest BCUT2D eigenvalue weighted by Crippen LogP contribution is -2.46. The van der Waals surface area contributed by atoms with Gasteiger partial charge in [-0.3, -0.25) is 9.35 Å². The standard InChI is InChI=1S/C40H77NO5S/c1-3-5-7-9-11-13-15-16-17-18-19-20-21-22-23-24-26-27-29-31-33-35-39(42)38(37-47(44,45)46)41-40(43)36-34-32-30-28-25-14-12-10-8-6-4-2/h10,12,33,35,38-39,42H,3-9,11,13-32,34,36-37H2,1-2H3,(H,41,43)(H,44,45,46)/b12-10-,35-33+. The molecule has 0 heterocycles. The molecule has 0 spiro atoms. The molecule has 278 valence electrons. The van der Waals surface area contributed by atoms with Gasteiger partial charge in [-0.2, -0.15) is 8.42 Å². The summed E-state index contributed by atoms with van der Waals surface area (Å²) in [5.74, 6) is -0.987. The Morgan fingerprint density at radius 3 is 1.34 bits per heavy atom. The van der Waals surface area contributed by atoms with E-state index in [0.717, 1.165) is 64.2 Å². The van der Waals surface area contributed by atoms with E-state index in [4.69, 9.17) is 0 Å². The van der Waals surface area contributed by atoms with Crippen molar-refractivity contribution in [2.24, 2.45) is 0 Å². The first-order valence-corrected chi connectivity index (χ1v) is 21.6. The van der Waals surface area contributed by atoms with E-state index in [1.807, 2.05) is 6.08 Å². The molecule has 0 bridgehead atoms. The summed E-state index contributed by atoms with van der Waals surface area (Å²) in [5.41, 5.74) is 0. The molecule has 0 aliphatic rings. The molecule has 0 saturated carbocycles. The number of aliphatic hydroxyl groups excluding tert-OH is 1. The molecule has 0 aromatic heterocycles. The minimum atomic E-state index is -4.34. The molecule has 0 aromatic rings. The Morgan fingerprint density at radius 2 is 0.915 bits per heavy atom. The summed E-state index contributed by atoms with van der Waals surface area (Å²) < 4.78 is 32.4. The normalized spacial score (nSPS) is 13.5. The van der Waals surface area contributed by atoms with Crippen LogP contribution in [0.2, 0.25) is 0 Å². The van der Waals surface area contributed by atoms with Crippen molar-refractivity contribution in [2.45, 2.75) is 219 Å². The number of carbonyl (C=O) groups is 1. The molecule has 3 N–H and O–H groups in total. The third-order valence-corrected chi connectivity index (χ3v) is 9.90. The zero-order valence-electron chi connectivity index (χ0n) is 30.9. The summed E-state index contributed by atoms with van der Waals surface area (Å²) in [7, 11) is -4.34. The maximum atomic E-state index is 12.4. The monoisotopic (exact) mass is 684 g/mol. The van der Waals surface area contributed by atoms with Gasteiger partial charge in [0.15, 0.2) is 0 Å². The molecule has 1 amide bonds. The predicted molar refractivity (Wildman–Crippen MR) is 202 cm³/mol. The molecular weight excluding hydrogens is 607 g/mol. The van der Waals surface area contributed by atoms with Gasteiger partial charge in [0.1, 0.15) is 0 Å². The SMILES string of the molecule is CCCC/C=C\CCCCCCCC(=O)NC(CS(=O)(=O)O)C(O)/C=C/CCCCCCCCCCCCCCCCCCCCC. The Labute approximate surface area is 292 Å². The highest BCUT2D eigenvalue weighted by Gasteiger charge is 2.24. The van der Waals surface area contributed by atoms with Crippen molar-refractivity contribution in [1.82, 2.24) is 5.32 Å². The van der Waals surface area contributed by atoms with E-state index in [2.05, 4.69) is 31.3 Å². The Balaban J connectivity index is 3.87. The van der Waals surface area contributed by atoms with Crippen LogP contribution in [-0.4, -0.2) is 41.9 Å². The summed E-state index contributed by atoms with van der Waals surface area (Å²) in [6.45, 7) is 4.48. The molecule has 0 radical (unpaired) electrons. The van der Waals surface area contributed by atoms with E-state index in [-0.39, 0.29) is 12.3 Å². The Bertz CT molecular complexity index is 842. The van der Waals surface area contributed by atoms with Crippen LogP contribution >= 0.6 is 0 Å². The zero-order valence-corrected chi connectivity index (χ0v) is 31.7. The van der Waals surface area contributed by atoms with Crippen LogP contribution in [0, 0.1) is 0 Å². The predicted octanol–water partition coefficient (Wildman–Crippen LogP) is 11.6. The maximum Gasteiger partial charge on any atom is 0.267 e. The second-order valence-electron chi connectivity index (χ2n) is 13.9. The molecular formula is C40H77NO5S. The highest BCUT2D eigenvalue weighted by molar-refractivity contribution is 7.85. The molecule has 0 rings (SSSR count). The summed E-state index contributed by atoms with van der Waals surface area (Å²) >= 11 is 0. The molecule has 0 saturated heterocycles. The fraction of sp³-hybridized carbons (Fsp3) is 0.875. The van der Waals surface area contributed by atoms with Gasteiger partial charge in [-0.15, -0.1) is 0 Å². The van der Waals surface area contributed by atoms with Gasteiger partial charge in [0.25, 0.3) is 10.1 Å². The molecule has 0 fully saturated rings. The number of rotatable bonds is 36. The minimum Gasteiger partial charge on any atom is -0.387 e. The van der Waals surface area contributed by atoms with Gasteiger partial charge < -0.3 is 10.4 Å². The van der Waals surface area contributed by atoms with Gasteiger partial charge in [0.2, 0.25) is 5.91 Å². The van der Waals surface area contributed by atoms with E-state index in [9.17, 15) is 22.9 Å². The number of carbonyl (C=O) groups excluding carboxylic acids is 1. The molecule has 7 heteroatoms. The highest BCUT2D eigenvalue weighted by Crippen LogP contribution is 2.15. The largest absolute Gasteiger partial charge is 0.387 e. The summed E-state index contributed by atoms with van der Waals surface area (Å²) in [6, 6.07) is -1.06. The quantitative estimate of drug-likeness (QED) is 0.0346. The summed E-state index contributed by atoms with van der Waals surface area (Å²) in [4.78, 5) is 12.4. The first-order chi connectivity index (χ1) is 22.8. The van der Waals surface area contributed by atoms with Crippen LogP contribution in [-0.2, 0) is 14.9 Å². The van der Waals surface area contributed by atoms with Gasteiger partial charge in [-0.1, -0.05) is 186 Å². The number of nitrogens with one attached hydrogen (secondary N) is 1. The van der Waals surface area contributed by atoms with Crippen LogP contribution in [0.15, 0.2) is 24.3 Å². The molecule has 2 unspecified atom stereocenters. The third kappa shape index (κ3) is 35.9. The number of hydrogen-bond acceptors (Lipinski definition) is 4. The van der Waals surface area contributed by atoms with Crippen molar-refractivity contribution >= 4 is 16.0 Å². The van der Waals surface area contributed by atoms with E-state index in [0.29, 0.717) is 0 Å². The molecule has 6 nitrogen and oxygen atoms in total. The maximum absolute atomic E-state index is 12.4. The molecule has 0 aliphatic heterocycles. The van der Waals surface area contributed by atoms with Crippen molar-refractivity contribution in [3.63, 3.8) is 0 Å². The van der Waals surface area contributed by atoms with Gasteiger partial charge in [-0.25, -0.2) is 0 Å². The van der Waals surface area contributed by atoms with Crippen LogP contribution in [0.1, 0.15) is 206 Å². The number of hydrogen-bond donors (Lipinski definition) is 3. The first kappa shape index (κ1) is 45.8. The van der Waals surface area contributed by atoms with Crippen LogP contribution in [0.3, 0.4) is 0 Å². The third-order valence-electron chi connectivity index (χ3n) is 9.12. The van der Waals surface area contributed by atoms with Crippen LogP contribution < -0.4 is 5.32 Å². The molecule has 47 heavy (non-hydrogen) atoms. The van der Waals surface area contributed by atoms with Gasteiger partial charge >= 0.3 is 0 Å². The van der Waals surface area contributed by atoms with E-state index in [1.165, 1.54) is 122 Å². The highest BCUT2D eigenvalue weighted by atomic mass is 32.2. The number of amides is 1. The van der Waals surface area contributed by atoms with Crippen molar-refractivity contribution in [2.75, 3.05) is 5.75 Å². The topological polar surface area (TPSA) is 104 Å². The lowest BCUT2D eigenvalue weighted by atomic mass is 10.0. The molecule has 0 aromatic carbocycles. The van der Waals surface area contributed by atoms with Crippen molar-refractivity contribution in [3.05, 3.63) is 24.3 Å². The van der Waals surface area contributed by atoms with Crippen molar-refractivity contribution in [1.29, 1.82) is 0 Å². The lowest BCUT2D eigenvalue weighted by molar-refractivity contribution is -0.122. The Hall–Kier alpha value is -1.18. The average Bonchev–Trinajstić information content (AvgIpc) is 3.03. The molecule has 0 aliphatic carbocycles. The van der Waals surface area contributed by atoms with E-state index < -0.39 is 28.0 Å². The second-order valence-corrected chi connectivity index (χ2v) is 15.4. The van der Waals surface area contributed by atoms with Gasteiger partial charge in [-0.05, 0) is 38.5 Å². The average molecular weight is 684 g/mol. The van der Waals surface area contributed by atoms with Crippen LogP contribution in [0.5, 0.6) is 0 Å². The number of aliphatic hydroxyl groups is 1. The van der Waals surface area contributed by atoms with Crippen LogP contribution in [0.4, 0.5) is 0 Å². The van der Waals surface area contributed by atoms with Crippen LogP contribution in [0.25, 0.3) is 0 Å². The van der Waals surface area contributed by atoms with Crippen molar-refractivity contribution < 1.29 is 22.9 Å². The van der Waals surface area contributed by atoms with E-state index in [1.54, 1.807) is 6.08 Å². The van der Waals surface area contributed by atoms with Gasteiger partial charge in [0.05, 0.1) is 17.9 Å². The fourth-order valence-electron chi connectivity index (χ4n) is 6.08. The Kier molecular flexibility index (Phi) is 33.8. The summed E-state index contributed by atoms with van der Waals surface area (Å²) in [5, 5.41) is 13.2. The van der Waals surface area contributed by atoms with Gasteiger partial charge in [0, 0.05) is 6.42 Å². The fourth-order valence-corrected chi connectivity index (χ4v) is 6.81. The first-order valence-electron chi connectivity index (χ1n) is 20.0. The lowest BCUT2D eigenvalue weighted by Gasteiger charge is -2.21. The smallest absolute Gasteiger partial charge is 0.267 e. The Morgan fingerprint density at radius 1 is 0.553 bits per heavy atom. The number of allylic oxidation sites excluding steroid dienone is 3. The molecule has 2 atom stereocenters. The number of unbranched alkanes of at least 4 members (excludes halogenated alkanes) is 26. The zero-order chi connectivity index (χ0) is 34.7. The second kappa shape index (κ2) is 34.7. The van der Waals surface area contributed by atoms with Crippen molar-refractivity contribution in [3.8, 4) is 0 Å². The summed E-state index contributed by atoms with van der Waals surface area (Å²) in [6.07, 6.45) is 43.1. The van der Waals surface area contributed by atoms with E-state index >= 15 is 0 Å². The minimum absolute atomic E-state index is 0.286.